The highest BCUT2D eigenvalue weighted by atomic mass is 16.4. The van der Waals surface area contributed by atoms with Crippen LogP contribution in [0.1, 0.15) is 6.92 Å². The van der Waals surface area contributed by atoms with Crippen LogP contribution < -0.4 is 5.32 Å². The van der Waals surface area contributed by atoms with E-state index in [1.54, 1.807) is 5.32 Å². The van der Waals surface area contributed by atoms with Crippen LogP contribution >= 0.6 is 0 Å². The van der Waals surface area contributed by atoms with Crippen molar-refractivity contribution >= 4 is 12.2 Å². The average Bonchev–Trinajstić information content (AvgIpc) is 2.24. The third-order valence-corrected chi connectivity index (χ3v) is 1.91. The fourth-order valence-electron chi connectivity index (χ4n) is 1.03. The maximum Gasteiger partial charge on any atom is 0.224 e. The summed E-state index contributed by atoms with van der Waals surface area (Å²) in [4.78, 5) is 21.2. The summed E-state index contributed by atoms with van der Waals surface area (Å²) in [6.45, 7) is 0.100. The first-order chi connectivity index (χ1) is 7.28. The lowest BCUT2D eigenvalue weighted by atomic mass is 9.99. The number of hydrogen-bond donors (Lipinski definition) is 6. The number of aliphatic hydroxyl groups excluding tert-OH is 4. The summed E-state index contributed by atoms with van der Waals surface area (Å²) in [6.07, 6.45) is -6.11. The zero-order valence-electron chi connectivity index (χ0n) is 8.57. The van der Waals surface area contributed by atoms with Crippen molar-refractivity contribution in [3.8, 4) is 0 Å². The summed E-state index contributed by atoms with van der Waals surface area (Å²) < 4.78 is 0. The Labute approximate surface area is 91.1 Å². The predicted octanol–water partition coefficient (Wildman–Crippen LogP) is -3.91. The molecule has 0 heterocycles. The van der Waals surface area contributed by atoms with Crippen molar-refractivity contribution in [2.24, 2.45) is 0 Å². The summed E-state index contributed by atoms with van der Waals surface area (Å²) >= 11 is 0. The largest absolute Gasteiger partial charge is 0.394 e. The zero-order chi connectivity index (χ0) is 12.9. The summed E-state index contributed by atoms with van der Waals surface area (Å²) in [5.41, 5.74) is -2.72. The molecule has 0 bridgehead atoms. The van der Waals surface area contributed by atoms with Crippen LogP contribution in [0.2, 0.25) is 0 Å². The highest BCUT2D eigenvalue weighted by Gasteiger charge is 2.43. The molecule has 0 aliphatic rings. The Balaban J connectivity index is 4.81. The molecule has 8 nitrogen and oxygen atoms in total. The van der Waals surface area contributed by atoms with Gasteiger partial charge in [0.05, 0.1) is 6.61 Å². The van der Waals surface area contributed by atoms with Crippen LogP contribution in [0.25, 0.3) is 0 Å². The molecule has 6 N–H and O–H groups in total. The van der Waals surface area contributed by atoms with E-state index in [0.29, 0.717) is 0 Å². The number of aldehydes is 1. The van der Waals surface area contributed by atoms with E-state index in [9.17, 15) is 24.9 Å². The minimum absolute atomic E-state index is 0.188. The van der Waals surface area contributed by atoms with E-state index in [4.69, 9.17) is 10.2 Å². The molecule has 94 valence electrons. The number of carbonyl (C=O) groups is 2. The number of aliphatic hydroxyl groups is 5. The van der Waals surface area contributed by atoms with Crippen molar-refractivity contribution in [3.05, 3.63) is 0 Å². The van der Waals surface area contributed by atoms with E-state index in [-0.39, 0.29) is 6.29 Å². The highest BCUT2D eigenvalue weighted by molar-refractivity contribution is 5.79. The van der Waals surface area contributed by atoms with Crippen molar-refractivity contribution in [1.82, 2.24) is 5.32 Å². The maximum absolute atomic E-state index is 10.7. The van der Waals surface area contributed by atoms with Gasteiger partial charge < -0.3 is 30.8 Å². The molecule has 4 atom stereocenters. The van der Waals surface area contributed by atoms with Crippen molar-refractivity contribution < 1.29 is 35.1 Å². The van der Waals surface area contributed by atoms with Crippen molar-refractivity contribution in [2.45, 2.75) is 31.0 Å². The van der Waals surface area contributed by atoms with E-state index in [1.807, 2.05) is 0 Å². The second-order valence-electron chi connectivity index (χ2n) is 3.31. The van der Waals surface area contributed by atoms with Crippen molar-refractivity contribution in [2.75, 3.05) is 6.61 Å². The molecule has 0 unspecified atom stereocenters. The third kappa shape index (κ3) is 3.51. The van der Waals surface area contributed by atoms with Gasteiger partial charge in [0.25, 0.3) is 0 Å². The zero-order valence-corrected chi connectivity index (χ0v) is 8.57. The topological polar surface area (TPSA) is 147 Å². The van der Waals surface area contributed by atoms with E-state index in [1.165, 1.54) is 0 Å². The Bertz CT molecular complexity index is 259. The van der Waals surface area contributed by atoms with E-state index in [0.717, 1.165) is 6.92 Å². The van der Waals surface area contributed by atoms with Gasteiger partial charge in [-0.1, -0.05) is 0 Å². The molecule has 1 amide bonds. The van der Waals surface area contributed by atoms with E-state index in [2.05, 4.69) is 0 Å². The monoisotopic (exact) mass is 237 g/mol. The first-order valence-corrected chi connectivity index (χ1v) is 4.41. The molecule has 0 spiro atoms. The van der Waals surface area contributed by atoms with Gasteiger partial charge in [-0.15, -0.1) is 0 Å². The Morgan fingerprint density at radius 3 is 2.25 bits per heavy atom. The quantitative estimate of drug-likeness (QED) is 0.204. The summed E-state index contributed by atoms with van der Waals surface area (Å²) in [5, 5.41) is 47.3. The molecule has 0 saturated carbocycles. The first-order valence-electron chi connectivity index (χ1n) is 4.41. The molecule has 0 aliphatic heterocycles. The van der Waals surface area contributed by atoms with Gasteiger partial charge in [0.1, 0.15) is 18.3 Å². The number of amides is 1. The van der Waals surface area contributed by atoms with Gasteiger partial charge in [0.15, 0.2) is 6.29 Å². The van der Waals surface area contributed by atoms with Gasteiger partial charge in [-0.05, 0) is 0 Å². The fourth-order valence-corrected chi connectivity index (χ4v) is 1.03. The maximum atomic E-state index is 10.7. The van der Waals surface area contributed by atoms with Gasteiger partial charge in [0.2, 0.25) is 11.6 Å². The molecule has 0 aromatic heterocycles. The Kier molecular flexibility index (Phi) is 5.48. The molecule has 0 aromatic carbocycles. The minimum atomic E-state index is -2.72. The predicted molar refractivity (Wildman–Crippen MR) is 49.9 cm³/mol. The van der Waals surface area contributed by atoms with Crippen LogP contribution in [0.15, 0.2) is 0 Å². The summed E-state index contributed by atoms with van der Waals surface area (Å²) in [7, 11) is 0. The molecule has 0 radical (unpaired) electrons. The molecule has 8 heteroatoms. The molecule has 0 fully saturated rings. The Morgan fingerprint density at radius 1 is 1.44 bits per heavy atom. The van der Waals surface area contributed by atoms with Crippen LogP contribution in [0, 0.1) is 0 Å². The van der Waals surface area contributed by atoms with Crippen LogP contribution in [-0.4, -0.2) is 68.4 Å². The second-order valence-corrected chi connectivity index (χ2v) is 3.31. The van der Waals surface area contributed by atoms with Crippen molar-refractivity contribution in [3.63, 3.8) is 0 Å². The van der Waals surface area contributed by atoms with Gasteiger partial charge in [-0.25, -0.2) is 0 Å². The van der Waals surface area contributed by atoms with E-state index >= 15 is 0 Å². The lowest BCUT2D eigenvalue weighted by Crippen LogP contribution is -2.63. The van der Waals surface area contributed by atoms with Crippen LogP contribution in [0.5, 0.6) is 0 Å². The number of rotatable bonds is 6. The molecule has 0 aliphatic carbocycles. The van der Waals surface area contributed by atoms with Crippen LogP contribution in [0.3, 0.4) is 0 Å². The summed E-state index contributed by atoms with van der Waals surface area (Å²) in [6, 6.07) is 0. The number of carbonyl (C=O) groups excluding carboxylic acids is 2. The molecular weight excluding hydrogens is 222 g/mol. The highest BCUT2D eigenvalue weighted by Crippen LogP contribution is 2.11. The SMILES string of the molecule is CC(=O)N[C@](O)(C=O)[C@@H](O)[C@H](O)[C@H](O)CO. The lowest BCUT2D eigenvalue weighted by Gasteiger charge is -2.32. The smallest absolute Gasteiger partial charge is 0.224 e. The van der Waals surface area contributed by atoms with Gasteiger partial charge in [-0.2, -0.15) is 0 Å². The molecular formula is C8H15NO7. The second kappa shape index (κ2) is 5.87. The van der Waals surface area contributed by atoms with Crippen LogP contribution in [0.4, 0.5) is 0 Å². The summed E-state index contributed by atoms with van der Waals surface area (Å²) in [5.74, 6) is -0.820. The van der Waals surface area contributed by atoms with E-state index < -0.39 is 36.6 Å². The van der Waals surface area contributed by atoms with Gasteiger partial charge in [0, 0.05) is 6.92 Å². The van der Waals surface area contributed by atoms with Gasteiger partial charge >= 0.3 is 0 Å². The third-order valence-electron chi connectivity index (χ3n) is 1.91. The normalized spacial score (nSPS) is 20.4. The Morgan fingerprint density at radius 2 is 1.94 bits per heavy atom. The number of hydrogen-bond acceptors (Lipinski definition) is 7. The fraction of sp³-hybridized carbons (Fsp3) is 0.750. The van der Waals surface area contributed by atoms with Crippen LogP contribution in [-0.2, 0) is 9.59 Å². The Hall–Kier alpha value is -1.06. The van der Waals surface area contributed by atoms with Gasteiger partial charge in [-0.3, -0.25) is 9.59 Å². The van der Waals surface area contributed by atoms with Crippen molar-refractivity contribution in [1.29, 1.82) is 0 Å². The minimum Gasteiger partial charge on any atom is -0.394 e. The molecule has 0 saturated heterocycles. The molecule has 0 aromatic rings. The molecule has 0 rings (SSSR count). The lowest BCUT2D eigenvalue weighted by molar-refractivity contribution is -0.176. The average molecular weight is 237 g/mol. The standard InChI is InChI=1S/C8H15NO7/c1-4(12)9-8(16,3-11)7(15)6(14)5(13)2-10/h3,5-7,10,13-16H,2H2,1H3,(H,9,12)/t5-,6-,7+,8+/m1/s1. The molecule has 16 heavy (non-hydrogen) atoms. The number of nitrogens with one attached hydrogen (secondary N) is 1. The first kappa shape index (κ1) is 14.9.